The van der Waals surface area contributed by atoms with Crippen LogP contribution in [-0.4, -0.2) is 46.2 Å². The zero-order valence-electron chi connectivity index (χ0n) is 23.8. The zero-order chi connectivity index (χ0) is 29.6. The van der Waals surface area contributed by atoms with E-state index in [1.807, 2.05) is 55.5 Å². The Kier molecular flexibility index (Phi) is 8.97. The molecule has 3 N–H and O–H groups in total. The molecular formula is C32H35N5O4. The van der Waals surface area contributed by atoms with Crippen molar-refractivity contribution in [2.75, 3.05) is 11.9 Å². The van der Waals surface area contributed by atoms with Crippen molar-refractivity contribution < 1.29 is 19.1 Å². The van der Waals surface area contributed by atoms with Crippen molar-refractivity contribution in [3.05, 3.63) is 83.1 Å². The van der Waals surface area contributed by atoms with E-state index in [9.17, 15) is 14.4 Å². The molecule has 1 aliphatic rings. The van der Waals surface area contributed by atoms with Gasteiger partial charge in [0.2, 0.25) is 0 Å². The Morgan fingerprint density at radius 3 is 2.61 bits per heavy atom. The van der Waals surface area contributed by atoms with Crippen LogP contribution in [0.3, 0.4) is 0 Å². The fourth-order valence-electron chi connectivity index (χ4n) is 4.48. The second-order valence-electron chi connectivity index (χ2n) is 10.8. The molecule has 3 aromatic rings. The van der Waals surface area contributed by atoms with Crippen molar-refractivity contribution in [3.63, 3.8) is 0 Å². The number of benzene rings is 2. The number of pyridine rings is 1. The summed E-state index contributed by atoms with van der Waals surface area (Å²) in [5.74, 6) is 0.197. The lowest BCUT2D eigenvalue weighted by molar-refractivity contribution is -0.127. The van der Waals surface area contributed by atoms with E-state index in [1.54, 1.807) is 43.9 Å². The average Bonchev–Trinajstić information content (AvgIpc) is 3.09. The fraction of sp³-hybridized carbons (Fsp3) is 0.281. The summed E-state index contributed by atoms with van der Waals surface area (Å²) in [7, 11) is 0. The van der Waals surface area contributed by atoms with Gasteiger partial charge < -0.3 is 15.4 Å². The maximum atomic E-state index is 13.8. The number of nitrogens with two attached hydrogens (primary N) is 1. The molecule has 212 valence electrons. The predicted octanol–water partition coefficient (Wildman–Crippen LogP) is 6.12. The smallest absolute Gasteiger partial charge is 0.412 e. The summed E-state index contributed by atoms with van der Waals surface area (Å²) in [6, 6.07) is 18.2. The van der Waals surface area contributed by atoms with Crippen LogP contribution in [0.4, 0.5) is 16.2 Å². The number of carbonyl (C=O) groups is 3. The minimum atomic E-state index is -0.609. The number of nitrogens with zero attached hydrogens (tertiary/aromatic N) is 3. The molecule has 0 saturated carbocycles. The van der Waals surface area contributed by atoms with Crippen molar-refractivity contribution in [1.82, 2.24) is 9.88 Å². The van der Waals surface area contributed by atoms with Gasteiger partial charge in [-0.1, -0.05) is 37.3 Å². The number of anilines is 1. The van der Waals surface area contributed by atoms with Crippen LogP contribution in [0.2, 0.25) is 0 Å². The number of nitrogens with one attached hydrogen (secondary N) is 1. The SMILES string of the molecule is CCCN(Cc1cccc(NC(=O)OC(C)(C)C)c1)C(=O)C1=Cc2ccc(-c3cccc(C=O)n3)cc2N=C(N)C1. The Labute approximate surface area is 240 Å². The first-order chi connectivity index (χ1) is 19.5. The van der Waals surface area contributed by atoms with Crippen molar-refractivity contribution in [1.29, 1.82) is 0 Å². The van der Waals surface area contributed by atoms with Crippen LogP contribution in [-0.2, 0) is 16.1 Å². The third kappa shape index (κ3) is 7.88. The summed E-state index contributed by atoms with van der Waals surface area (Å²) >= 11 is 0. The molecule has 0 fully saturated rings. The zero-order valence-corrected chi connectivity index (χ0v) is 23.8. The van der Waals surface area contributed by atoms with Crippen LogP contribution >= 0.6 is 0 Å². The minimum Gasteiger partial charge on any atom is -0.444 e. The molecule has 0 atom stereocenters. The van der Waals surface area contributed by atoms with Crippen LogP contribution in [0, 0.1) is 0 Å². The molecule has 0 spiro atoms. The number of rotatable bonds is 8. The van der Waals surface area contributed by atoms with Gasteiger partial charge in [-0.15, -0.1) is 0 Å². The molecule has 0 bridgehead atoms. The lowest BCUT2D eigenvalue weighted by atomic mass is 10.0. The van der Waals surface area contributed by atoms with Crippen molar-refractivity contribution in [2.24, 2.45) is 10.7 Å². The minimum absolute atomic E-state index is 0.132. The highest BCUT2D eigenvalue weighted by Crippen LogP contribution is 2.32. The molecule has 2 amide bonds. The normalized spacial score (nSPS) is 12.8. The lowest BCUT2D eigenvalue weighted by Gasteiger charge is -2.24. The van der Waals surface area contributed by atoms with Crippen LogP contribution in [0.5, 0.6) is 0 Å². The molecule has 0 aliphatic carbocycles. The summed E-state index contributed by atoms with van der Waals surface area (Å²) < 4.78 is 5.35. The predicted molar refractivity (Wildman–Crippen MR) is 161 cm³/mol. The van der Waals surface area contributed by atoms with Gasteiger partial charge in [0, 0.05) is 41.9 Å². The van der Waals surface area contributed by atoms with E-state index < -0.39 is 11.7 Å². The number of amidine groups is 1. The Morgan fingerprint density at radius 2 is 1.88 bits per heavy atom. The Bertz CT molecular complexity index is 1520. The van der Waals surface area contributed by atoms with Gasteiger partial charge in [-0.3, -0.25) is 14.9 Å². The van der Waals surface area contributed by atoms with E-state index in [4.69, 9.17) is 10.5 Å². The molecule has 2 heterocycles. The molecular weight excluding hydrogens is 518 g/mol. The largest absolute Gasteiger partial charge is 0.444 e. The Morgan fingerprint density at radius 1 is 1.10 bits per heavy atom. The van der Waals surface area contributed by atoms with Crippen LogP contribution in [0.25, 0.3) is 17.3 Å². The number of fused-ring (bicyclic) bond motifs is 1. The molecule has 1 aliphatic heterocycles. The number of carbonyl (C=O) groups excluding carboxylic acids is 3. The highest BCUT2D eigenvalue weighted by atomic mass is 16.6. The third-order valence-corrected chi connectivity index (χ3v) is 6.18. The lowest BCUT2D eigenvalue weighted by Crippen LogP contribution is -2.33. The molecule has 9 heteroatoms. The van der Waals surface area contributed by atoms with E-state index in [2.05, 4.69) is 15.3 Å². The first kappa shape index (κ1) is 29.2. The summed E-state index contributed by atoms with van der Waals surface area (Å²) in [4.78, 5) is 47.9. The quantitative estimate of drug-likeness (QED) is 0.324. The number of aliphatic imine (C=N–C) groups is 1. The number of aldehydes is 1. The Balaban J connectivity index is 1.56. The van der Waals surface area contributed by atoms with Gasteiger partial charge in [0.15, 0.2) is 6.29 Å². The number of ether oxygens (including phenoxy) is 1. The molecule has 0 unspecified atom stereocenters. The molecule has 9 nitrogen and oxygen atoms in total. The number of hydrogen-bond acceptors (Lipinski definition) is 7. The van der Waals surface area contributed by atoms with Crippen molar-refractivity contribution in [3.8, 4) is 11.3 Å². The van der Waals surface area contributed by atoms with E-state index in [0.29, 0.717) is 53.5 Å². The molecule has 2 aromatic carbocycles. The van der Waals surface area contributed by atoms with Crippen LogP contribution in [0.1, 0.15) is 62.2 Å². The summed E-state index contributed by atoms with van der Waals surface area (Å²) in [6.45, 7) is 8.33. The summed E-state index contributed by atoms with van der Waals surface area (Å²) in [5, 5.41) is 2.75. The van der Waals surface area contributed by atoms with Crippen LogP contribution in [0.15, 0.2) is 71.2 Å². The van der Waals surface area contributed by atoms with E-state index in [1.165, 1.54) is 0 Å². The highest BCUT2D eigenvalue weighted by Gasteiger charge is 2.22. The van der Waals surface area contributed by atoms with Gasteiger partial charge in [-0.2, -0.15) is 0 Å². The van der Waals surface area contributed by atoms with Crippen LogP contribution < -0.4 is 11.1 Å². The molecule has 1 aromatic heterocycles. The fourth-order valence-corrected chi connectivity index (χ4v) is 4.48. The van der Waals surface area contributed by atoms with Crippen molar-refractivity contribution >= 4 is 41.6 Å². The Hall–Kier alpha value is -4.79. The first-order valence-electron chi connectivity index (χ1n) is 13.5. The van der Waals surface area contributed by atoms with Gasteiger partial charge in [0.25, 0.3) is 5.91 Å². The third-order valence-electron chi connectivity index (χ3n) is 6.18. The average molecular weight is 554 g/mol. The summed E-state index contributed by atoms with van der Waals surface area (Å²) in [5.41, 5.74) is 10.8. The van der Waals surface area contributed by atoms with Gasteiger partial charge in [0.1, 0.15) is 17.1 Å². The topological polar surface area (TPSA) is 127 Å². The number of amides is 2. The van der Waals surface area contributed by atoms with E-state index in [0.717, 1.165) is 23.1 Å². The molecule has 4 rings (SSSR count). The number of hydrogen-bond donors (Lipinski definition) is 2. The highest BCUT2D eigenvalue weighted by molar-refractivity contribution is 6.05. The van der Waals surface area contributed by atoms with Gasteiger partial charge in [-0.05, 0) is 69.2 Å². The van der Waals surface area contributed by atoms with E-state index in [-0.39, 0.29) is 12.3 Å². The molecule has 0 saturated heterocycles. The van der Waals surface area contributed by atoms with Gasteiger partial charge >= 0.3 is 6.09 Å². The van der Waals surface area contributed by atoms with E-state index >= 15 is 0 Å². The standard InChI is InChI=1S/C32H35N5O4/c1-5-14-37(19-21-8-6-9-25(15-21)35-31(40)41-32(2,3)4)30(39)24-16-22-12-13-23(17-28(22)36-29(33)18-24)27-11-7-10-26(20-38)34-27/h6-13,15-17,20H,5,14,18-19H2,1-4H3,(H2,33,36)(H,35,40). The monoisotopic (exact) mass is 553 g/mol. The van der Waals surface area contributed by atoms with Gasteiger partial charge in [0.05, 0.1) is 11.4 Å². The summed E-state index contributed by atoms with van der Waals surface area (Å²) in [6.07, 6.45) is 2.99. The maximum absolute atomic E-state index is 13.8. The second-order valence-corrected chi connectivity index (χ2v) is 10.8. The first-order valence-corrected chi connectivity index (χ1v) is 13.5. The number of aromatic nitrogens is 1. The maximum Gasteiger partial charge on any atom is 0.412 e. The van der Waals surface area contributed by atoms with Crippen molar-refractivity contribution in [2.45, 2.75) is 52.7 Å². The molecule has 0 radical (unpaired) electrons. The molecule has 41 heavy (non-hydrogen) atoms. The second kappa shape index (κ2) is 12.6. The van der Waals surface area contributed by atoms with Gasteiger partial charge in [-0.25, -0.2) is 14.8 Å².